The van der Waals surface area contributed by atoms with Gasteiger partial charge < -0.3 is 0 Å². The highest BCUT2D eigenvalue weighted by atomic mass is 32.2. The normalized spacial score (nSPS) is 11.6. The van der Waals surface area contributed by atoms with E-state index in [4.69, 9.17) is 0 Å². The molecule has 1 aromatic carbocycles. The number of halogens is 1. The molecule has 0 aliphatic heterocycles. The maximum atomic E-state index is 12.8. The van der Waals surface area contributed by atoms with Gasteiger partial charge in [0.05, 0.1) is 5.75 Å². The molecule has 0 saturated heterocycles. The Morgan fingerprint density at radius 3 is 2.64 bits per heavy atom. The highest BCUT2D eigenvalue weighted by Gasteiger charge is 2.10. The molecule has 0 aromatic heterocycles. The van der Waals surface area contributed by atoms with E-state index in [0.717, 1.165) is 5.56 Å². The van der Waals surface area contributed by atoms with Gasteiger partial charge in [0.1, 0.15) is 5.82 Å². The molecule has 1 N–H and O–H groups in total. The molecule has 1 aromatic rings. The van der Waals surface area contributed by atoms with Gasteiger partial charge in [0, 0.05) is 0 Å². The molecule has 1 rings (SSSR count). The number of hydrogen-bond donors (Lipinski definition) is 1. The summed E-state index contributed by atoms with van der Waals surface area (Å²) >= 11 is 0. The summed E-state index contributed by atoms with van der Waals surface area (Å²) in [5.41, 5.74) is 1.25. The fourth-order valence-electron chi connectivity index (χ4n) is 1.07. The molecule has 0 spiro atoms. The second-order valence-electron chi connectivity index (χ2n) is 3.03. The van der Waals surface area contributed by atoms with Crippen molar-refractivity contribution in [2.45, 2.75) is 12.7 Å². The Morgan fingerprint density at radius 2 is 2.07 bits per heavy atom. The summed E-state index contributed by atoms with van der Waals surface area (Å²) in [7, 11) is -1.99. The molecule has 0 radical (unpaired) electrons. The molecule has 78 valence electrons. The maximum Gasteiger partial charge on any atom is 0.215 e. The predicted octanol–water partition coefficient (Wildman–Crippen LogP) is 1.18. The minimum atomic E-state index is -3.33. The van der Waals surface area contributed by atoms with Crippen molar-refractivity contribution in [2.24, 2.45) is 0 Å². The van der Waals surface area contributed by atoms with E-state index in [2.05, 4.69) is 4.72 Å². The summed E-state index contributed by atoms with van der Waals surface area (Å²) in [5, 5.41) is 0. The van der Waals surface area contributed by atoms with Crippen LogP contribution in [0.25, 0.3) is 0 Å². The molecule has 0 fully saturated rings. The van der Waals surface area contributed by atoms with Gasteiger partial charge in [-0.2, -0.15) is 0 Å². The van der Waals surface area contributed by atoms with Crippen LogP contribution in [0.1, 0.15) is 11.1 Å². The van der Waals surface area contributed by atoms with Crippen LogP contribution in [-0.2, 0) is 15.8 Å². The summed E-state index contributed by atoms with van der Waals surface area (Å²) in [4.78, 5) is 0. The Labute approximate surface area is 83.0 Å². The number of rotatable bonds is 3. The zero-order valence-corrected chi connectivity index (χ0v) is 8.86. The van der Waals surface area contributed by atoms with Crippen molar-refractivity contribution in [3.05, 3.63) is 35.1 Å². The van der Waals surface area contributed by atoms with Gasteiger partial charge >= 0.3 is 0 Å². The van der Waals surface area contributed by atoms with E-state index in [1.54, 1.807) is 13.0 Å². The largest absolute Gasteiger partial charge is 0.218 e. The summed E-state index contributed by atoms with van der Waals surface area (Å²) in [5.74, 6) is -0.607. The highest BCUT2D eigenvalue weighted by molar-refractivity contribution is 7.88. The smallest absolute Gasteiger partial charge is 0.215 e. The maximum absolute atomic E-state index is 12.8. The van der Waals surface area contributed by atoms with E-state index in [9.17, 15) is 12.8 Å². The molecule has 0 unspecified atom stereocenters. The Morgan fingerprint density at radius 1 is 1.43 bits per heavy atom. The number of sulfonamides is 1. The lowest BCUT2D eigenvalue weighted by atomic mass is 10.1. The number of aryl methyl sites for hydroxylation is 1. The molecule has 0 saturated carbocycles. The Hall–Kier alpha value is -0.940. The van der Waals surface area contributed by atoms with Crippen LogP contribution >= 0.6 is 0 Å². The topological polar surface area (TPSA) is 46.2 Å². The first kappa shape index (κ1) is 11.1. The van der Waals surface area contributed by atoms with Crippen molar-refractivity contribution < 1.29 is 12.8 Å². The van der Waals surface area contributed by atoms with E-state index in [1.165, 1.54) is 19.2 Å². The van der Waals surface area contributed by atoms with Crippen LogP contribution in [0, 0.1) is 12.7 Å². The molecule has 3 nitrogen and oxygen atoms in total. The van der Waals surface area contributed by atoms with Crippen LogP contribution in [0.2, 0.25) is 0 Å². The first-order valence-corrected chi connectivity index (χ1v) is 5.76. The van der Waals surface area contributed by atoms with Gasteiger partial charge in [-0.25, -0.2) is 17.5 Å². The van der Waals surface area contributed by atoms with Crippen molar-refractivity contribution in [1.82, 2.24) is 4.72 Å². The molecule has 5 heteroatoms. The SMILES string of the molecule is CNS(=O)(=O)Cc1cc(F)ccc1C. The van der Waals surface area contributed by atoms with Crippen LogP contribution in [-0.4, -0.2) is 15.5 Å². The van der Waals surface area contributed by atoms with Gasteiger partial charge in [0.2, 0.25) is 10.0 Å². The van der Waals surface area contributed by atoms with Gasteiger partial charge in [-0.3, -0.25) is 0 Å². The quantitative estimate of drug-likeness (QED) is 0.826. The standard InChI is InChI=1S/C9H12FNO2S/c1-7-3-4-9(10)5-8(7)6-14(12,13)11-2/h3-5,11H,6H2,1-2H3. The third kappa shape index (κ3) is 2.78. The third-order valence-electron chi connectivity index (χ3n) is 1.97. The lowest BCUT2D eigenvalue weighted by molar-refractivity contribution is 0.586. The average Bonchev–Trinajstić information content (AvgIpc) is 2.11. The van der Waals surface area contributed by atoms with E-state index in [1.807, 2.05) is 0 Å². The summed E-state index contributed by atoms with van der Waals surface area (Å²) in [6, 6.07) is 4.12. The molecule has 0 atom stereocenters. The molecule has 14 heavy (non-hydrogen) atoms. The second-order valence-corrected chi connectivity index (χ2v) is 4.96. The van der Waals surface area contributed by atoms with Gasteiger partial charge in [0.25, 0.3) is 0 Å². The Bertz CT molecular complexity index is 428. The molecule has 0 aliphatic rings. The molecule has 0 bridgehead atoms. The molecule has 0 heterocycles. The van der Waals surface area contributed by atoms with Crippen molar-refractivity contribution in [3.63, 3.8) is 0 Å². The fraction of sp³-hybridized carbons (Fsp3) is 0.333. The highest BCUT2D eigenvalue weighted by Crippen LogP contribution is 2.12. The van der Waals surface area contributed by atoms with Crippen molar-refractivity contribution >= 4 is 10.0 Å². The minimum Gasteiger partial charge on any atom is -0.218 e. The molecule has 0 aliphatic carbocycles. The number of nitrogens with one attached hydrogen (secondary N) is 1. The molecular weight excluding hydrogens is 205 g/mol. The minimum absolute atomic E-state index is 0.187. The van der Waals surface area contributed by atoms with E-state index in [0.29, 0.717) is 5.56 Å². The third-order valence-corrected chi connectivity index (χ3v) is 3.28. The monoisotopic (exact) mass is 217 g/mol. The van der Waals surface area contributed by atoms with Gasteiger partial charge in [-0.1, -0.05) is 6.07 Å². The molecular formula is C9H12FNO2S. The van der Waals surface area contributed by atoms with Crippen molar-refractivity contribution in [1.29, 1.82) is 0 Å². The Kier molecular flexibility index (Phi) is 3.23. The summed E-state index contributed by atoms with van der Waals surface area (Å²) in [6.07, 6.45) is 0. The first-order chi connectivity index (χ1) is 6.44. The van der Waals surface area contributed by atoms with Crippen LogP contribution < -0.4 is 4.72 Å². The van der Waals surface area contributed by atoms with Crippen LogP contribution in [0.5, 0.6) is 0 Å². The molecule has 0 amide bonds. The summed E-state index contributed by atoms with van der Waals surface area (Å²) in [6.45, 7) is 1.75. The second kappa shape index (κ2) is 4.06. The van der Waals surface area contributed by atoms with E-state index < -0.39 is 15.8 Å². The number of benzene rings is 1. The zero-order chi connectivity index (χ0) is 10.8. The lowest BCUT2D eigenvalue weighted by Gasteiger charge is -2.05. The van der Waals surface area contributed by atoms with Crippen LogP contribution in [0.15, 0.2) is 18.2 Å². The van der Waals surface area contributed by atoms with E-state index in [-0.39, 0.29) is 5.75 Å². The average molecular weight is 217 g/mol. The van der Waals surface area contributed by atoms with Crippen molar-refractivity contribution in [3.8, 4) is 0 Å². The summed E-state index contributed by atoms with van der Waals surface area (Å²) < 4.78 is 37.4. The van der Waals surface area contributed by atoms with Gasteiger partial charge in [-0.15, -0.1) is 0 Å². The first-order valence-electron chi connectivity index (χ1n) is 4.11. The predicted molar refractivity (Wildman–Crippen MR) is 52.8 cm³/mol. The van der Waals surface area contributed by atoms with Crippen LogP contribution in [0.4, 0.5) is 4.39 Å². The van der Waals surface area contributed by atoms with Crippen molar-refractivity contribution in [2.75, 3.05) is 7.05 Å². The lowest BCUT2D eigenvalue weighted by Crippen LogP contribution is -2.20. The van der Waals surface area contributed by atoms with Crippen LogP contribution in [0.3, 0.4) is 0 Å². The van der Waals surface area contributed by atoms with E-state index >= 15 is 0 Å². The number of hydrogen-bond acceptors (Lipinski definition) is 2. The van der Waals surface area contributed by atoms with Gasteiger partial charge in [0.15, 0.2) is 0 Å². The Balaban J connectivity index is 3.03. The van der Waals surface area contributed by atoms with Gasteiger partial charge in [-0.05, 0) is 37.2 Å². The zero-order valence-electron chi connectivity index (χ0n) is 8.04. The fourth-order valence-corrected chi connectivity index (χ4v) is 1.94.